The van der Waals surface area contributed by atoms with Gasteiger partial charge >= 0.3 is 11.9 Å². The van der Waals surface area contributed by atoms with Gasteiger partial charge in [0.1, 0.15) is 5.60 Å². The summed E-state index contributed by atoms with van der Waals surface area (Å²) in [5.41, 5.74) is 0.169. The summed E-state index contributed by atoms with van der Waals surface area (Å²) in [6.45, 7) is 5.49. The molecule has 0 bridgehead atoms. The van der Waals surface area contributed by atoms with Gasteiger partial charge in [-0.1, -0.05) is 0 Å². The second kappa shape index (κ2) is 8.89. The highest BCUT2D eigenvalue weighted by molar-refractivity contribution is 9.10. The maximum Gasteiger partial charge on any atom is 0.340 e. The lowest BCUT2D eigenvalue weighted by atomic mass is 10.2. The molecule has 0 aliphatic rings. The summed E-state index contributed by atoms with van der Waals surface area (Å²) in [6.07, 6.45) is 5.94. The van der Waals surface area contributed by atoms with Crippen molar-refractivity contribution in [2.75, 3.05) is 0 Å². The molecule has 0 aromatic carbocycles. The first-order valence-electron chi connectivity index (χ1n) is 6.76. The van der Waals surface area contributed by atoms with Gasteiger partial charge in [-0.25, -0.2) is 9.59 Å². The van der Waals surface area contributed by atoms with E-state index in [4.69, 9.17) is 9.84 Å². The molecule has 0 aliphatic heterocycles. The Balaban J connectivity index is 0.000000254. The van der Waals surface area contributed by atoms with Crippen LogP contribution in [0.2, 0.25) is 0 Å². The molecule has 2 aromatic heterocycles. The predicted molar refractivity (Wildman–Crippen MR) is 96.0 cm³/mol. The molecule has 0 amide bonds. The van der Waals surface area contributed by atoms with Gasteiger partial charge in [-0.05, 0) is 64.8 Å². The van der Waals surface area contributed by atoms with Crippen molar-refractivity contribution in [3.63, 3.8) is 0 Å². The molecule has 2 aromatic rings. The van der Waals surface area contributed by atoms with Crippen LogP contribution in [0, 0.1) is 0 Å². The minimum Gasteiger partial charge on any atom is -0.478 e. The highest BCUT2D eigenvalue weighted by Crippen LogP contribution is 2.14. The third kappa shape index (κ3) is 7.65. The Bertz CT molecular complexity index is 730. The Morgan fingerprint density at radius 1 is 0.958 bits per heavy atom. The fourth-order valence-corrected chi connectivity index (χ4v) is 2.12. The van der Waals surface area contributed by atoms with Gasteiger partial charge < -0.3 is 9.84 Å². The van der Waals surface area contributed by atoms with Crippen LogP contribution in [0.15, 0.2) is 45.9 Å². The largest absolute Gasteiger partial charge is 0.478 e. The van der Waals surface area contributed by atoms with E-state index < -0.39 is 11.6 Å². The fraction of sp³-hybridized carbons (Fsp3) is 0.250. The lowest BCUT2D eigenvalue weighted by Crippen LogP contribution is -2.23. The number of pyridine rings is 2. The Morgan fingerprint density at radius 2 is 1.42 bits per heavy atom. The minimum atomic E-state index is -0.964. The lowest BCUT2D eigenvalue weighted by Gasteiger charge is -2.19. The second-order valence-corrected chi connectivity index (χ2v) is 7.42. The summed E-state index contributed by atoms with van der Waals surface area (Å²) >= 11 is 6.34. The number of ether oxygens (including phenoxy) is 1. The zero-order chi connectivity index (χ0) is 18.3. The zero-order valence-corrected chi connectivity index (χ0v) is 16.5. The summed E-state index contributed by atoms with van der Waals surface area (Å²) in [7, 11) is 0. The van der Waals surface area contributed by atoms with E-state index in [0.29, 0.717) is 10.0 Å². The maximum atomic E-state index is 11.5. The van der Waals surface area contributed by atoms with Crippen molar-refractivity contribution in [3.05, 3.63) is 57.0 Å². The average Bonchev–Trinajstić information content (AvgIpc) is 2.46. The van der Waals surface area contributed by atoms with Crippen molar-refractivity contribution in [1.29, 1.82) is 0 Å². The van der Waals surface area contributed by atoms with Crippen LogP contribution in [0.4, 0.5) is 0 Å². The summed E-state index contributed by atoms with van der Waals surface area (Å²) in [5.74, 6) is -1.32. The number of hydrogen-bond acceptors (Lipinski definition) is 5. The van der Waals surface area contributed by atoms with E-state index in [1.54, 1.807) is 12.3 Å². The third-order valence-electron chi connectivity index (χ3n) is 2.29. The molecule has 0 fully saturated rings. The standard InChI is InChI=1S/C10H12BrNO2.C6H4BrNO2/c1-10(2,3)14-9(13)7-4-8(11)6-12-5-7;7-5-1-4(6(9)10)2-8-3-5/h4-6H,1-3H3;1-3H,(H,9,10). The van der Waals surface area contributed by atoms with Crippen LogP contribution in [-0.2, 0) is 4.74 Å². The van der Waals surface area contributed by atoms with E-state index >= 15 is 0 Å². The van der Waals surface area contributed by atoms with Crippen molar-refractivity contribution < 1.29 is 19.4 Å². The number of halogens is 2. The highest BCUT2D eigenvalue weighted by atomic mass is 79.9. The normalized spacial score (nSPS) is 10.4. The first-order valence-corrected chi connectivity index (χ1v) is 8.35. The van der Waals surface area contributed by atoms with Crippen LogP contribution in [-0.4, -0.2) is 32.6 Å². The molecule has 0 aliphatic carbocycles. The second-order valence-electron chi connectivity index (χ2n) is 5.59. The molecule has 0 spiro atoms. The van der Waals surface area contributed by atoms with Gasteiger partial charge in [0.15, 0.2) is 0 Å². The number of carboxylic acid groups (broad SMARTS) is 1. The number of aromatic nitrogens is 2. The third-order valence-corrected chi connectivity index (χ3v) is 3.16. The Hall–Kier alpha value is -1.80. The van der Waals surface area contributed by atoms with Crippen molar-refractivity contribution in [3.8, 4) is 0 Å². The molecule has 0 saturated carbocycles. The van der Waals surface area contributed by atoms with Gasteiger partial charge in [-0.2, -0.15) is 0 Å². The first-order chi connectivity index (χ1) is 11.1. The van der Waals surface area contributed by atoms with Gasteiger partial charge in [-0.3, -0.25) is 9.97 Å². The number of carbonyl (C=O) groups excluding carboxylic acids is 1. The first kappa shape index (κ1) is 20.2. The Kier molecular flexibility index (Phi) is 7.50. The number of hydrogen-bond donors (Lipinski definition) is 1. The van der Waals surface area contributed by atoms with Crippen LogP contribution >= 0.6 is 31.9 Å². The van der Waals surface area contributed by atoms with E-state index in [0.717, 1.165) is 4.47 Å². The molecule has 1 N–H and O–H groups in total. The molecule has 2 rings (SSSR count). The minimum absolute atomic E-state index is 0.189. The van der Waals surface area contributed by atoms with E-state index in [2.05, 4.69) is 41.8 Å². The van der Waals surface area contributed by atoms with E-state index in [1.807, 2.05) is 20.8 Å². The van der Waals surface area contributed by atoms with Gasteiger partial charge in [0, 0.05) is 33.7 Å². The number of carboxylic acids is 1. The van der Waals surface area contributed by atoms with Crippen molar-refractivity contribution in [1.82, 2.24) is 9.97 Å². The highest BCUT2D eigenvalue weighted by Gasteiger charge is 2.17. The van der Waals surface area contributed by atoms with Crippen molar-refractivity contribution in [2.24, 2.45) is 0 Å². The van der Waals surface area contributed by atoms with Crippen LogP contribution in [0.1, 0.15) is 41.5 Å². The molecule has 24 heavy (non-hydrogen) atoms. The van der Waals surface area contributed by atoms with Gasteiger partial charge in [-0.15, -0.1) is 0 Å². The Labute approximate surface area is 156 Å². The number of carbonyl (C=O) groups is 2. The summed E-state index contributed by atoms with van der Waals surface area (Å²) < 4.78 is 6.62. The molecule has 0 saturated heterocycles. The van der Waals surface area contributed by atoms with Gasteiger partial charge in [0.05, 0.1) is 11.1 Å². The molecule has 6 nitrogen and oxygen atoms in total. The van der Waals surface area contributed by atoms with E-state index in [-0.39, 0.29) is 11.5 Å². The predicted octanol–water partition coefficient (Wildman–Crippen LogP) is 4.34. The topological polar surface area (TPSA) is 89.4 Å². The monoisotopic (exact) mass is 458 g/mol. The van der Waals surface area contributed by atoms with Crippen LogP contribution in [0.25, 0.3) is 0 Å². The Morgan fingerprint density at radius 3 is 1.79 bits per heavy atom. The van der Waals surface area contributed by atoms with E-state index in [9.17, 15) is 9.59 Å². The van der Waals surface area contributed by atoms with Crippen LogP contribution in [0.3, 0.4) is 0 Å². The number of rotatable bonds is 2. The van der Waals surface area contributed by atoms with Gasteiger partial charge in [0.2, 0.25) is 0 Å². The molecule has 8 heteroatoms. The summed E-state index contributed by atoms with van der Waals surface area (Å²) in [4.78, 5) is 29.4. The summed E-state index contributed by atoms with van der Waals surface area (Å²) in [6, 6.07) is 3.18. The molecule has 0 unspecified atom stereocenters. The van der Waals surface area contributed by atoms with Crippen LogP contribution < -0.4 is 0 Å². The smallest absolute Gasteiger partial charge is 0.340 e. The average molecular weight is 460 g/mol. The summed E-state index contributed by atoms with van der Waals surface area (Å²) in [5, 5.41) is 8.45. The number of aromatic carboxylic acids is 1. The quantitative estimate of drug-likeness (QED) is 0.671. The van der Waals surface area contributed by atoms with Crippen LogP contribution in [0.5, 0.6) is 0 Å². The molecule has 128 valence electrons. The van der Waals surface area contributed by atoms with Gasteiger partial charge in [0.25, 0.3) is 0 Å². The maximum absolute atomic E-state index is 11.5. The number of esters is 1. The van der Waals surface area contributed by atoms with E-state index in [1.165, 1.54) is 24.7 Å². The fourth-order valence-electron chi connectivity index (χ4n) is 1.39. The molecule has 0 radical (unpaired) electrons. The molecule has 0 atom stereocenters. The lowest BCUT2D eigenvalue weighted by molar-refractivity contribution is 0.00688. The van der Waals surface area contributed by atoms with Crippen molar-refractivity contribution in [2.45, 2.75) is 26.4 Å². The SMILES string of the molecule is CC(C)(C)OC(=O)c1cncc(Br)c1.O=C(O)c1cncc(Br)c1. The molecular weight excluding hydrogens is 444 g/mol. The number of nitrogens with zero attached hydrogens (tertiary/aromatic N) is 2. The zero-order valence-electron chi connectivity index (χ0n) is 13.3. The van der Waals surface area contributed by atoms with Crippen molar-refractivity contribution >= 4 is 43.8 Å². The molecule has 2 heterocycles. The molecular formula is C16H16Br2N2O4.